The molecule has 1 aromatic rings. The largest absolute Gasteiger partial charge is 0.462 e. The molecule has 232 valence electrons. The Bertz CT molecular complexity index is 1320. The molecule has 2 bridgehead atoms. The molecule has 42 heavy (non-hydrogen) atoms. The standard InChI is InChI=1S/C31H45N3O6S2/c1-22(15-16-34(5)6)11-12-24(3)18-28-20-29-32-27(21-41-29)14-13-26(33-42(7,37)38)19-31(36)39-25(4)17-23(2)9-8-10-30(35)40-28/h8-12,15,18,21,25-26,28,33H,13-14,16-17,19-20H2,1-7H3/b10-8-,12-11+,22-15+,23-9+,24-18+/t25-,26+,28+/m0/s1. The molecule has 1 aliphatic heterocycles. The summed E-state index contributed by atoms with van der Waals surface area (Å²) >= 11 is 1.45. The minimum absolute atomic E-state index is 0.0805. The van der Waals surface area contributed by atoms with Gasteiger partial charge in [-0.25, -0.2) is 22.9 Å². The van der Waals surface area contributed by atoms with Crippen LogP contribution in [0.3, 0.4) is 0 Å². The quantitative estimate of drug-likeness (QED) is 0.346. The van der Waals surface area contributed by atoms with E-state index in [2.05, 4.69) is 15.7 Å². The SMILES string of the molecule is CC(/C=C/C(C)=C/[C@@H]1Cc2nc(cs2)CC[C@@H](NS(C)(=O)=O)CC(=O)O[C@@H](C)C/C(C)=C/C=C\C(=O)O1)=C\CN(C)C. The summed E-state index contributed by atoms with van der Waals surface area (Å²) < 4.78 is 37.8. The van der Waals surface area contributed by atoms with Gasteiger partial charge >= 0.3 is 11.9 Å². The zero-order chi connectivity index (χ0) is 31.3. The van der Waals surface area contributed by atoms with Crippen molar-refractivity contribution in [1.82, 2.24) is 14.6 Å². The van der Waals surface area contributed by atoms with E-state index in [1.807, 2.05) is 58.5 Å². The van der Waals surface area contributed by atoms with Crippen LogP contribution in [-0.2, 0) is 41.9 Å². The van der Waals surface area contributed by atoms with Crippen LogP contribution in [0, 0.1) is 0 Å². The summed E-state index contributed by atoms with van der Waals surface area (Å²) in [6, 6.07) is -0.618. The Kier molecular flexibility index (Phi) is 14.6. The molecule has 0 radical (unpaired) electrons. The highest BCUT2D eigenvalue weighted by Crippen LogP contribution is 2.19. The molecular weight excluding hydrogens is 574 g/mol. The number of carbonyl (C=O) groups is 2. The van der Waals surface area contributed by atoms with Gasteiger partial charge in [-0.05, 0) is 60.7 Å². The molecule has 0 saturated carbocycles. The molecule has 0 unspecified atom stereocenters. The second-order valence-corrected chi connectivity index (χ2v) is 13.8. The van der Waals surface area contributed by atoms with Crippen LogP contribution in [0.25, 0.3) is 0 Å². The first-order chi connectivity index (χ1) is 19.7. The van der Waals surface area contributed by atoms with Crippen molar-refractivity contribution in [2.45, 2.75) is 78.0 Å². The molecular formula is C31H45N3O6S2. The Hall–Kier alpha value is -2.86. The summed E-state index contributed by atoms with van der Waals surface area (Å²) in [5.41, 5.74) is 3.78. The lowest BCUT2D eigenvalue weighted by molar-refractivity contribution is -0.148. The van der Waals surface area contributed by atoms with Crippen molar-refractivity contribution in [3.63, 3.8) is 0 Å². The van der Waals surface area contributed by atoms with Gasteiger partial charge in [0.05, 0.1) is 23.4 Å². The van der Waals surface area contributed by atoms with E-state index in [1.165, 1.54) is 17.4 Å². The molecule has 11 heteroatoms. The number of cyclic esters (lactones) is 2. The number of carbonyl (C=O) groups excluding carboxylic acids is 2. The summed E-state index contributed by atoms with van der Waals surface area (Å²) in [4.78, 5) is 32.1. The number of fused-ring (bicyclic) bond motifs is 2. The molecule has 0 aromatic carbocycles. The number of thiazole rings is 1. The number of aromatic nitrogens is 1. The van der Waals surface area contributed by atoms with Crippen molar-refractivity contribution in [3.05, 3.63) is 75.3 Å². The number of sulfonamides is 1. The Morgan fingerprint density at radius 3 is 2.55 bits per heavy atom. The second kappa shape index (κ2) is 17.3. The lowest BCUT2D eigenvalue weighted by Gasteiger charge is -2.19. The number of nitrogens with one attached hydrogen (secondary N) is 1. The lowest BCUT2D eigenvalue weighted by Crippen LogP contribution is -2.37. The third-order valence-electron chi connectivity index (χ3n) is 6.18. The van der Waals surface area contributed by atoms with Gasteiger partial charge in [0.25, 0.3) is 0 Å². The third kappa shape index (κ3) is 15.4. The van der Waals surface area contributed by atoms with E-state index in [-0.39, 0.29) is 6.42 Å². The Morgan fingerprint density at radius 1 is 1.14 bits per heavy atom. The zero-order valence-corrected chi connectivity index (χ0v) is 27.4. The number of allylic oxidation sites excluding steroid dienone is 6. The minimum Gasteiger partial charge on any atom is -0.462 e. The predicted octanol–water partition coefficient (Wildman–Crippen LogP) is 4.69. The Morgan fingerprint density at radius 2 is 1.86 bits per heavy atom. The van der Waals surface area contributed by atoms with E-state index in [9.17, 15) is 18.0 Å². The highest BCUT2D eigenvalue weighted by molar-refractivity contribution is 7.88. The number of nitrogens with zero attached hydrogens (tertiary/aromatic N) is 2. The van der Waals surface area contributed by atoms with Gasteiger partial charge in [-0.2, -0.15) is 0 Å². The minimum atomic E-state index is -3.53. The summed E-state index contributed by atoms with van der Waals surface area (Å²) in [5, 5.41) is 2.70. The van der Waals surface area contributed by atoms with Crippen LogP contribution in [0.15, 0.2) is 64.6 Å². The average Bonchev–Trinajstić information content (AvgIpc) is 3.30. The normalized spacial score (nSPS) is 24.8. The fourth-order valence-corrected chi connectivity index (χ4v) is 5.89. The average molecular weight is 620 g/mol. The maximum atomic E-state index is 12.7. The van der Waals surface area contributed by atoms with Crippen LogP contribution < -0.4 is 4.72 Å². The second-order valence-electron chi connectivity index (χ2n) is 11.1. The fourth-order valence-electron chi connectivity index (χ4n) is 4.21. The molecule has 1 N–H and O–H groups in total. The van der Waals surface area contributed by atoms with E-state index in [4.69, 9.17) is 14.5 Å². The number of hydrogen-bond acceptors (Lipinski definition) is 9. The Balaban J connectivity index is 2.33. The molecule has 2 heterocycles. The van der Waals surface area contributed by atoms with E-state index >= 15 is 0 Å². The van der Waals surface area contributed by atoms with Crippen LogP contribution in [0.5, 0.6) is 0 Å². The first kappa shape index (κ1) is 35.3. The molecule has 0 fully saturated rings. The molecule has 1 aliphatic rings. The molecule has 2 rings (SSSR count). The monoisotopic (exact) mass is 619 g/mol. The van der Waals surface area contributed by atoms with Crippen LogP contribution >= 0.6 is 11.3 Å². The highest BCUT2D eigenvalue weighted by atomic mass is 32.2. The van der Waals surface area contributed by atoms with Crippen molar-refractivity contribution in [2.24, 2.45) is 0 Å². The van der Waals surface area contributed by atoms with Crippen molar-refractivity contribution < 1.29 is 27.5 Å². The van der Waals surface area contributed by atoms with Gasteiger partial charge in [0.2, 0.25) is 10.0 Å². The topological polar surface area (TPSA) is 115 Å². The first-order valence-electron chi connectivity index (χ1n) is 14.0. The summed E-state index contributed by atoms with van der Waals surface area (Å²) in [6.07, 6.45) is 14.6. The van der Waals surface area contributed by atoms with Gasteiger partial charge in [0.1, 0.15) is 12.2 Å². The smallest absolute Gasteiger partial charge is 0.331 e. The van der Waals surface area contributed by atoms with Gasteiger partial charge in [0, 0.05) is 36.9 Å². The van der Waals surface area contributed by atoms with Crippen molar-refractivity contribution in [2.75, 3.05) is 26.9 Å². The highest BCUT2D eigenvalue weighted by Gasteiger charge is 2.21. The number of hydrogen-bond donors (Lipinski definition) is 1. The number of likely N-dealkylation sites (N-methyl/N-ethyl adjacent to an activating group) is 1. The van der Waals surface area contributed by atoms with E-state index in [0.29, 0.717) is 25.7 Å². The Labute approximate surface area is 255 Å². The summed E-state index contributed by atoms with van der Waals surface area (Å²) in [5.74, 6) is -0.946. The van der Waals surface area contributed by atoms with E-state index in [0.717, 1.165) is 40.2 Å². The van der Waals surface area contributed by atoms with Gasteiger partial charge in [0.15, 0.2) is 0 Å². The van der Waals surface area contributed by atoms with Crippen LogP contribution in [-0.4, -0.2) is 75.4 Å². The first-order valence-corrected chi connectivity index (χ1v) is 16.8. The van der Waals surface area contributed by atoms with Gasteiger partial charge in [-0.15, -0.1) is 11.3 Å². The predicted molar refractivity (Wildman–Crippen MR) is 169 cm³/mol. The number of aryl methyl sites for hydroxylation is 1. The third-order valence-corrected chi connectivity index (χ3v) is 7.86. The maximum Gasteiger partial charge on any atom is 0.331 e. The summed E-state index contributed by atoms with van der Waals surface area (Å²) in [7, 11) is 0.508. The van der Waals surface area contributed by atoms with Gasteiger partial charge < -0.3 is 14.4 Å². The molecule has 0 amide bonds. The van der Waals surface area contributed by atoms with Crippen molar-refractivity contribution in [1.29, 1.82) is 0 Å². The number of ether oxygens (including phenoxy) is 2. The number of esters is 2. The lowest BCUT2D eigenvalue weighted by atomic mass is 10.1. The maximum absolute atomic E-state index is 12.7. The van der Waals surface area contributed by atoms with Crippen LogP contribution in [0.1, 0.15) is 57.7 Å². The molecule has 9 nitrogen and oxygen atoms in total. The van der Waals surface area contributed by atoms with E-state index < -0.39 is 40.2 Å². The molecule has 0 saturated heterocycles. The number of rotatable bonds is 7. The molecule has 0 spiro atoms. The van der Waals surface area contributed by atoms with Gasteiger partial charge in [-0.1, -0.05) is 47.1 Å². The van der Waals surface area contributed by atoms with E-state index in [1.54, 1.807) is 19.1 Å². The van der Waals surface area contributed by atoms with Crippen LogP contribution in [0.2, 0.25) is 0 Å². The fraction of sp³-hybridized carbons (Fsp3) is 0.516. The molecule has 1 aromatic heterocycles. The van der Waals surface area contributed by atoms with Crippen LogP contribution in [0.4, 0.5) is 0 Å². The van der Waals surface area contributed by atoms with Crippen molar-refractivity contribution >= 4 is 33.3 Å². The van der Waals surface area contributed by atoms with Gasteiger partial charge in [-0.3, -0.25) is 4.79 Å². The molecule has 3 atom stereocenters. The zero-order valence-electron chi connectivity index (χ0n) is 25.8. The molecule has 0 aliphatic carbocycles. The van der Waals surface area contributed by atoms with Crippen molar-refractivity contribution in [3.8, 4) is 0 Å². The summed E-state index contributed by atoms with van der Waals surface area (Å²) in [6.45, 7) is 8.51.